The smallest absolute Gasteiger partial charge is 0.212 e. The first kappa shape index (κ1) is 8.14. The van der Waals surface area contributed by atoms with Gasteiger partial charge in [-0.15, -0.1) is 0 Å². The average Bonchev–Trinajstić information content (AvgIpc) is 1.84. The van der Waals surface area contributed by atoms with Gasteiger partial charge >= 0.3 is 0 Å². The zero-order chi connectivity index (χ0) is 7.44. The van der Waals surface area contributed by atoms with Crippen molar-refractivity contribution in [1.29, 1.82) is 0 Å². The Morgan fingerprint density at radius 3 is 2.00 bits per heavy atom. The van der Waals surface area contributed by atoms with E-state index in [1.807, 2.05) is 0 Å². The molecule has 0 bridgehead atoms. The van der Waals surface area contributed by atoms with Gasteiger partial charge in [0.15, 0.2) is 0 Å². The molecule has 0 rings (SSSR count). The average molecular weight is 130 g/mol. The first-order valence-electron chi connectivity index (χ1n) is 2.65. The van der Waals surface area contributed by atoms with Crippen LogP contribution in [0.1, 0.15) is 13.8 Å². The molecule has 0 fully saturated rings. The third kappa shape index (κ3) is 2.26. The molecule has 2 nitrogen and oxygen atoms in total. The van der Waals surface area contributed by atoms with E-state index in [-0.39, 0.29) is 0 Å². The van der Waals surface area contributed by atoms with Gasteiger partial charge in [0.25, 0.3) is 0 Å². The van der Waals surface area contributed by atoms with Crippen LogP contribution in [-0.2, 0) is 0 Å². The molecule has 2 N–H and O–H groups in total. The standard InChI is InChI=1S/C6H11FN2/c1-4(5(2)8)6(7)9-3/h8H2,1-3H3. The lowest BCUT2D eigenvalue weighted by atomic mass is 10.2. The van der Waals surface area contributed by atoms with Gasteiger partial charge in [-0.3, -0.25) is 4.99 Å². The molecular formula is C6H11FN2. The molecule has 0 spiro atoms. The fourth-order valence-corrected chi connectivity index (χ4v) is 0.330. The number of hydrogen-bond donors (Lipinski definition) is 1. The van der Waals surface area contributed by atoms with Crippen LogP contribution in [0.3, 0.4) is 0 Å². The molecule has 0 atom stereocenters. The second-order valence-electron chi connectivity index (χ2n) is 1.82. The molecule has 0 heterocycles. The molecule has 0 amide bonds. The lowest BCUT2D eigenvalue weighted by Gasteiger charge is -1.96. The Kier molecular flexibility index (Phi) is 2.91. The van der Waals surface area contributed by atoms with Gasteiger partial charge < -0.3 is 5.73 Å². The van der Waals surface area contributed by atoms with E-state index < -0.39 is 5.97 Å². The molecule has 52 valence electrons. The van der Waals surface area contributed by atoms with E-state index in [1.165, 1.54) is 7.05 Å². The fraction of sp³-hybridized carbons (Fsp3) is 0.500. The highest BCUT2D eigenvalue weighted by molar-refractivity contribution is 5.92. The van der Waals surface area contributed by atoms with E-state index in [4.69, 9.17) is 5.73 Å². The third-order valence-corrected chi connectivity index (χ3v) is 1.10. The number of hydrogen-bond acceptors (Lipinski definition) is 2. The predicted molar refractivity (Wildman–Crippen MR) is 37.0 cm³/mol. The van der Waals surface area contributed by atoms with E-state index in [0.29, 0.717) is 11.3 Å². The van der Waals surface area contributed by atoms with Crippen LogP contribution >= 0.6 is 0 Å². The van der Waals surface area contributed by atoms with Gasteiger partial charge in [0.05, 0.1) is 0 Å². The highest BCUT2D eigenvalue weighted by Crippen LogP contribution is 2.00. The summed E-state index contributed by atoms with van der Waals surface area (Å²) in [6.07, 6.45) is 0. The fourth-order valence-electron chi connectivity index (χ4n) is 0.330. The molecule has 0 unspecified atom stereocenters. The summed E-state index contributed by atoms with van der Waals surface area (Å²) in [6.45, 7) is 3.23. The molecule has 0 saturated carbocycles. The normalized spacial score (nSPS) is 15.3. The van der Waals surface area contributed by atoms with Crippen LogP contribution in [0.4, 0.5) is 4.39 Å². The molecule has 0 saturated heterocycles. The van der Waals surface area contributed by atoms with Crippen molar-refractivity contribution in [2.45, 2.75) is 13.8 Å². The summed E-state index contributed by atoms with van der Waals surface area (Å²) in [5.74, 6) is -0.491. The maximum absolute atomic E-state index is 12.4. The van der Waals surface area contributed by atoms with Gasteiger partial charge in [-0.2, -0.15) is 4.39 Å². The highest BCUT2D eigenvalue weighted by atomic mass is 19.1. The number of aliphatic imine (C=N–C) groups is 1. The minimum Gasteiger partial charge on any atom is -0.402 e. The molecule has 0 aliphatic carbocycles. The topological polar surface area (TPSA) is 38.4 Å². The van der Waals surface area contributed by atoms with Crippen molar-refractivity contribution in [2.75, 3.05) is 7.05 Å². The summed E-state index contributed by atoms with van der Waals surface area (Å²) in [7, 11) is 1.39. The first-order valence-corrected chi connectivity index (χ1v) is 2.65. The first-order chi connectivity index (χ1) is 4.09. The van der Waals surface area contributed by atoms with Gasteiger partial charge in [-0.25, -0.2) is 0 Å². The van der Waals surface area contributed by atoms with Gasteiger partial charge in [-0.1, -0.05) is 0 Å². The molecule has 9 heavy (non-hydrogen) atoms. The van der Waals surface area contributed by atoms with Crippen molar-refractivity contribution in [3.8, 4) is 0 Å². The van der Waals surface area contributed by atoms with Crippen LogP contribution in [0.15, 0.2) is 16.3 Å². The minimum atomic E-state index is -0.491. The van der Waals surface area contributed by atoms with Crippen LogP contribution in [0.2, 0.25) is 0 Å². The van der Waals surface area contributed by atoms with Crippen molar-refractivity contribution < 1.29 is 4.39 Å². The van der Waals surface area contributed by atoms with E-state index in [2.05, 4.69) is 4.99 Å². The van der Waals surface area contributed by atoms with Crippen molar-refractivity contribution in [3.63, 3.8) is 0 Å². The molecule has 0 radical (unpaired) electrons. The Morgan fingerprint density at radius 1 is 1.44 bits per heavy atom. The molecular weight excluding hydrogens is 119 g/mol. The SMILES string of the molecule is CN=C(F)C(C)=C(C)N. The van der Waals surface area contributed by atoms with E-state index in [1.54, 1.807) is 13.8 Å². The maximum Gasteiger partial charge on any atom is 0.212 e. The van der Waals surface area contributed by atoms with Crippen LogP contribution in [0, 0.1) is 0 Å². The summed E-state index contributed by atoms with van der Waals surface area (Å²) >= 11 is 0. The lowest BCUT2D eigenvalue weighted by Crippen LogP contribution is -2.01. The Hall–Kier alpha value is -0.860. The van der Waals surface area contributed by atoms with Gasteiger partial charge in [0, 0.05) is 18.3 Å². The minimum absolute atomic E-state index is 0.414. The Bertz CT molecular complexity index is 154. The molecule has 0 aliphatic rings. The van der Waals surface area contributed by atoms with E-state index in [0.717, 1.165) is 0 Å². The van der Waals surface area contributed by atoms with Crippen molar-refractivity contribution in [3.05, 3.63) is 11.3 Å². The molecule has 3 heteroatoms. The van der Waals surface area contributed by atoms with Crippen molar-refractivity contribution >= 4 is 5.97 Å². The number of nitrogens with zero attached hydrogens (tertiary/aromatic N) is 1. The summed E-state index contributed by atoms with van der Waals surface area (Å²) < 4.78 is 12.4. The second-order valence-corrected chi connectivity index (χ2v) is 1.82. The van der Waals surface area contributed by atoms with Gasteiger partial charge in [0.2, 0.25) is 5.97 Å². The zero-order valence-electron chi connectivity index (χ0n) is 5.90. The van der Waals surface area contributed by atoms with Crippen LogP contribution in [0.5, 0.6) is 0 Å². The highest BCUT2D eigenvalue weighted by Gasteiger charge is 1.98. The summed E-state index contributed by atoms with van der Waals surface area (Å²) in [5.41, 5.74) is 6.16. The monoisotopic (exact) mass is 130 g/mol. The molecule has 0 aromatic rings. The van der Waals surface area contributed by atoms with Crippen LogP contribution < -0.4 is 5.73 Å². The van der Waals surface area contributed by atoms with Crippen LogP contribution in [0.25, 0.3) is 0 Å². The van der Waals surface area contributed by atoms with E-state index in [9.17, 15) is 4.39 Å². The Labute approximate surface area is 54.3 Å². The summed E-state index contributed by atoms with van der Waals surface area (Å²) in [5, 5.41) is 0. The Morgan fingerprint density at radius 2 is 1.89 bits per heavy atom. The Balaban J connectivity index is 4.40. The summed E-state index contributed by atoms with van der Waals surface area (Å²) in [4.78, 5) is 3.32. The number of rotatable bonds is 1. The molecule has 0 aromatic carbocycles. The molecule has 0 aromatic heterocycles. The summed E-state index contributed by atoms with van der Waals surface area (Å²) in [6, 6.07) is 0. The number of nitrogens with two attached hydrogens (primary N) is 1. The number of halogens is 1. The quantitative estimate of drug-likeness (QED) is 0.533. The lowest BCUT2D eigenvalue weighted by molar-refractivity contribution is 0.796. The number of allylic oxidation sites excluding steroid dienone is 2. The zero-order valence-corrected chi connectivity index (χ0v) is 5.90. The predicted octanol–water partition coefficient (Wildman–Crippen LogP) is 1.24. The largest absolute Gasteiger partial charge is 0.402 e. The third-order valence-electron chi connectivity index (χ3n) is 1.10. The van der Waals surface area contributed by atoms with Crippen molar-refractivity contribution in [2.24, 2.45) is 10.7 Å². The maximum atomic E-state index is 12.4. The van der Waals surface area contributed by atoms with Crippen LogP contribution in [-0.4, -0.2) is 13.0 Å². The van der Waals surface area contributed by atoms with Crippen molar-refractivity contribution in [1.82, 2.24) is 0 Å². The second kappa shape index (κ2) is 3.22. The van der Waals surface area contributed by atoms with Gasteiger partial charge in [-0.05, 0) is 13.8 Å². The molecule has 0 aliphatic heterocycles. The van der Waals surface area contributed by atoms with Gasteiger partial charge in [0.1, 0.15) is 0 Å². The van der Waals surface area contributed by atoms with E-state index >= 15 is 0 Å².